The fraction of sp³-hybridized carbons (Fsp3) is 0.182. The highest BCUT2D eigenvalue weighted by Crippen LogP contribution is 2.37. The Bertz CT molecular complexity index is 1010. The van der Waals surface area contributed by atoms with Crippen LogP contribution in [0.15, 0.2) is 77.4 Å². The van der Waals surface area contributed by atoms with Gasteiger partial charge in [0, 0.05) is 34.8 Å². The lowest BCUT2D eigenvalue weighted by Crippen LogP contribution is -2.21. The predicted molar refractivity (Wildman–Crippen MR) is 104 cm³/mol. The number of nitrogens with zero attached hydrogens (tertiary/aromatic N) is 2. The van der Waals surface area contributed by atoms with Gasteiger partial charge >= 0.3 is 0 Å². The van der Waals surface area contributed by atoms with Gasteiger partial charge in [0.2, 0.25) is 0 Å². The van der Waals surface area contributed by atoms with Crippen LogP contribution in [0.1, 0.15) is 36.6 Å². The van der Waals surface area contributed by atoms with Gasteiger partial charge in [0.05, 0.1) is 0 Å². The molecule has 0 fully saturated rings. The summed E-state index contributed by atoms with van der Waals surface area (Å²) in [6.07, 6.45) is 2.73. The van der Waals surface area contributed by atoms with Crippen LogP contribution in [0.2, 0.25) is 0 Å². The molecule has 0 bridgehead atoms. The summed E-state index contributed by atoms with van der Waals surface area (Å²) in [5.41, 5.74) is 11.4. The Labute approximate surface area is 152 Å². The Kier molecular flexibility index (Phi) is 4.50. The van der Waals surface area contributed by atoms with Crippen LogP contribution >= 0.6 is 0 Å². The molecule has 4 rings (SSSR count). The highest BCUT2D eigenvalue weighted by molar-refractivity contribution is 5.92. The average molecular weight is 343 g/mol. The minimum absolute atomic E-state index is 0.135. The van der Waals surface area contributed by atoms with E-state index in [1.54, 1.807) is 0 Å². The molecule has 26 heavy (non-hydrogen) atoms. The summed E-state index contributed by atoms with van der Waals surface area (Å²) in [4.78, 5) is 4.52. The van der Waals surface area contributed by atoms with Gasteiger partial charge in [0.1, 0.15) is 5.69 Å². The Morgan fingerprint density at radius 1 is 0.962 bits per heavy atom. The number of nitrogens with two attached hydrogens (primary N) is 1. The highest BCUT2D eigenvalue weighted by Gasteiger charge is 2.24. The van der Waals surface area contributed by atoms with E-state index in [9.17, 15) is 0 Å². The zero-order chi connectivity index (χ0) is 17.9. The third kappa shape index (κ3) is 2.89. The van der Waals surface area contributed by atoms with Gasteiger partial charge in [0.15, 0.2) is 5.58 Å². The van der Waals surface area contributed by atoms with Gasteiger partial charge in [-0.15, -0.1) is 0 Å². The zero-order valence-corrected chi connectivity index (χ0v) is 14.7. The summed E-state index contributed by atoms with van der Waals surface area (Å²) < 4.78 is 5.51. The lowest BCUT2D eigenvalue weighted by atomic mass is 9.85. The zero-order valence-electron chi connectivity index (χ0n) is 14.7. The van der Waals surface area contributed by atoms with Gasteiger partial charge in [-0.25, -0.2) is 0 Å². The molecule has 2 atom stereocenters. The molecule has 4 aromatic rings. The van der Waals surface area contributed by atoms with E-state index in [1.165, 1.54) is 0 Å². The van der Waals surface area contributed by atoms with Crippen molar-refractivity contribution in [2.45, 2.75) is 25.3 Å². The van der Waals surface area contributed by atoms with E-state index in [1.807, 2.05) is 60.8 Å². The van der Waals surface area contributed by atoms with Gasteiger partial charge in [-0.2, -0.15) is 0 Å². The number of pyridine rings is 1. The maximum Gasteiger partial charge on any atom is 0.167 e. The first-order valence-corrected chi connectivity index (χ1v) is 8.89. The molecule has 0 aliphatic heterocycles. The van der Waals surface area contributed by atoms with E-state index < -0.39 is 0 Å². The number of hydrogen-bond donors (Lipinski definition) is 1. The molecule has 2 N–H and O–H groups in total. The second-order valence-electron chi connectivity index (χ2n) is 6.41. The van der Waals surface area contributed by atoms with Crippen molar-refractivity contribution in [2.75, 3.05) is 0 Å². The Morgan fingerprint density at radius 3 is 2.54 bits per heavy atom. The number of benzene rings is 2. The van der Waals surface area contributed by atoms with Crippen molar-refractivity contribution < 1.29 is 4.52 Å². The molecule has 0 aliphatic carbocycles. The molecule has 4 heteroatoms. The van der Waals surface area contributed by atoms with Crippen LogP contribution < -0.4 is 5.73 Å². The largest absolute Gasteiger partial charge is 0.356 e. The molecular weight excluding hydrogens is 322 g/mol. The molecule has 130 valence electrons. The fourth-order valence-corrected chi connectivity index (χ4v) is 3.54. The van der Waals surface area contributed by atoms with Crippen molar-refractivity contribution in [2.24, 2.45) is 5.73 Å². The number of hydrogen-bond acceptors (Lipinski definition) is 4. The van der Waals surface area contributed by atoms with Gasteiger partial charge in [0.25, 0.3) is 0 Å². The quantitative estimate of drug-likeness (QED) is 0.548. The average Bonchev–Trinajstić information content (AvgIpc) is 3.13. The number of aromatic nitrogens is 2. The molecule has 0 saturated heterocycles. The van der Waals surface area contributed by atoms with Crippen LogP contribution in [0.5, 0.6) is 0 Å². The lowest BCUT2D eigenvalue weighted by molar-refractivity contribution is 0.459. The molecule has 2 unspecified atom stereocenters. The van der Waals surface area contributed by atoms with Crippen LogP contribution in [0.25, 0.3) is 22.2 Å². The summed E-state index contributed by atoms with van der Waals surface area (Å²) in [6.45, 7) is 2.15. The summed E-state index contributed by atoms with van der Waals surface area (Å²) >= 11 is 0. The maximum absolute atomic E-state index is 6.73. The SMILES string of the molecule is CCC(c1ccccn1)C(N)c1ccccc1-c1noc2ccccc12. The molecule has 0 spiro atoms. The monoisotopic (exact) mass is 343 g/mol. The first kappa shape index (κ1) is 16.5. The van der Waals surface area contributed by atoms with E-state index in [-0.39, 0.29) is 12.0 Å². The second-order valence-corrected chi connectivity index (χ2v) is 6.41. The summed E-state index contributed by atoms with van der Waals surface area (Å²) in [5.74, 6) is 0.135. The molecule has 0 amide bonds. The van der Waals surface area contributed by atoms with E-state index >= 15 is 0 Å². The molecule has 2 aromatic heterocycles. The minimum Gasteiger partial charge on any atom is -0.356 e. The van der Waals surface area contributed by atoms with Crippen molar-refractivity contribution in [3.05, 3.63) is 84.2 Å². The van der Waals surface area contributed by atoms with Crippen molar-refractivity contribution >= 4 is 11.0 Å². The van der Waals surface area contributed by atoms with Crippen LogP contribution in [-0.4, -0.2) is 10.1 Å². The van der Waals surface area contributed by atoms with Crippen molar-refractivity contribution in [1.82, 2.24) is 10.1 Å². The third-order valence-corrected chi connectivity index (χ3v) is 4.89. The fourth-order valence-electron chi connectivity index (χ4n) is 3.54. The third-order valence-electron chi connectivity index (χ3n) is 4.89. The summed E-state index contributed by atoms with van der Waals surface area (Å²) in [5, 5.41) is 5.32. The van der Waals surface area contributed by atoms with Gasteiger partial charge in [-0.3, -0.25) is 4.98 Å². The molecule has 0 aliphatic rings. The first-order valence-electron chi connectivity index (χ1n) is 8.89. The molecule has 0 saturated carbocycles. The van der Waals surface area contributed by atoms with E-state index in [0.29, 0.717) is 0 Å². The van der Waals surface area contributed by atoms with Gasteiger partial charge in [-0.05, 0) is 36.2 Å². The topological polar surface area (TPSA) is 64.9 Å². The van der Waals surface area contributed by atoms with Gasteiger partial charge in [-0.1, -0.05) is 54.5 Å². The molecule has 0 radical (unpaired) electrons. The van der Waals surface area contributed by atoms with E-state index in [0.717, 1.165) is 39.9 Å². The standard InChI is InChI=1S/C22H21N3O/c1-2-15(19-12-7-8-14-24-19)21(23)16-9-3-4-10-17(16)22-18-11-5-6-13-20(18)26-25-22/h3-15,21H,2,23H2,1H3. The minimum atomic E-state index is -0.179. The van der Waals surface area contributed by atoms with Crippen LogP contribution in [0.3, 0.4) is 0 Å². The lowest BCUT2D eigenvalue weighted by Gasteiger charge is -2.24. The Hall–Kier alpha value is -2.98. The van der Waals surface area contributed by atoms with Crippen molar-refractivity contribution in [3.63, 3.8) is 0 Å². The smallest absolute Gasteiger partial charge is 0.167 e. The molecular formula is C22H21N3O. The molecule has 2 aromatic carbocycles. The van der Waals surface area contributed by atoms with Crippen molar-refractivity contribution in [3.8, 4) is 11.3 Å². The first-order chi connectivity index (χ1) is 12.8. The number of fused-ring (bicyclic) bond motifs is 1. The second kappa shape index (κ2) is 7.10. The van der Waals surface area contributed by atoms with Crippen molar-refractivity contribution in [1.29, 1.82) is 0 Å². The summed E-state index contributed by atoms with van der Waals surface area (Å²) in [7, 11) is 0. The van der Waals surface area contributed by atoms with Gasteiger partial charge < -0.3 is 10.3 Å². The highest BCUT2D eigenvalue weighted by atomic mass is 16.5. The predicted octanol–water partition coefficient (Wildman–Crippen LogP) is 5.08. The number of para-hydroxylation sites is 1. The summed E-state index contributed by atoms with van der Waals surface area (Å²) in [6, 6.07) is 21.9. The Balaban J connectivity index is 1.81. The molecule has 4 nitrogen and oxygen atoms in total. The maximum atomic E-state index is 6.73. The van der Waals surface area contributed by atoms with E-state index in [4.69, 9.17) is 10.3 Å². The van der Waals surface area contributed by atoms with E-state index in [2.05, 4.69) is 29.2 Å². The van der Waals surface area contributed by atoms with Crippen LogP contribution in [0.4, 0.5) is 0 Å². The van der Waals surface area contributed by atoms with Crippen LogP contribution in [0, 0.1) is 0 Å². The molecule has 2 heterocycles. The normalized spacial score (nSPS) is 13.6. The Morgan fingerprint density at radius 2 is 1.73 bits per heavy atom. The number of rotatable bonds is 5. The van der Waals surface area contributed by atoms with Crippen LogP contribution in [-0.2, 0) is 0 Å².